The molecule has 2 aromatic carbocycles. The number of carbonyl (C=O) groups is 2. The fraction of sp³-hybridized carbons (Fsp3) is 0.562. The molecule has 3 rings (SSSR count). The number of carbonyl (C=O) groups excluding carboxylic acids is 1. The summed E-state index contributed by atoms with van der Waals surface area (Å²) < 4.78 is 5.41. The number of hydrogen-bond donors (Lipinski definition) is 5. The molecule has 0 heterocycles. The van der Waals surface area contributed by atoms with Gasteiger partial charge in [-0.25, -0.2) is 9.59 Å². The van der Waals surface area contributed by atoms with Crippen LogP contribution in [0.3, 0.4) is 0 Å². The zero-order valence-corrected chi connectivity index (χ0v) is 24.8. The van der Waals surface area contributed by atoms with E-state index in [0.29, 0.717) is 12.8 Å². The van der Waals surface area contributed by atoms with E-state index in [1.54, 1.807) is 20.8 Å². The van der Waals surface area contributed by atoms with Crippen molar-refractivity contribution < 1.29 is 29.6 Å². The number of benzene rings is 2. The predicted molar refractivity (Wildman–Crippen MR) is 159 cm³/mol. The van der Waals surface area contributed by atoms with Crippen molar-refractivity contribution in [3.8, 4) is 0 Å². The van der Waals surface area contributed by atoms with Crippen molar-refractivity contribution in [2.24, 2.45) is 0 Å². The molecule has 1 aliphatic rings. The minimum absolute atomic E-state index is 0.0684. The molecule has 9 nitrogen and oxygen atoms in total. The first kappa shape index (κ1) is 32.4. The average Bonchev–Trinajstić information content (AvgIpc) is 3.34. The lowest BCUT2D eigenvalue weighted by atomic mass is 9.91. The van der Waals surface area contributed by atoms with Gasteiger partial charge < -0.3 is 30.7 Å². The molecule has 5 N–H and O–H groups in total. The van der Waals surface area contributed by atoms with Gasteiger partial charge in [-0.05, 0) is 64.5 Å². The van der Waals surface area contributed by atoms with Gasteiger partial charge in [0.05, 0.1) is 24.3 Å². The largest absolute Gasteiger partial charge is 0.465 e. The van der Waals surface area contributed by atoms with Crippen molar-refractivity contribution in [2.45, 2.75) is 102 Å². The Morgan fingerprint density at radius 2 is 1.41 bits per heavy atom. The van der Waals surface area contributed by atoms with Crippen LogP contribution >= 0.6 is 0 Å². The molecule has 1 saturated carbocycles. The van der Waals surface area contributed by atoms with Crippen LogP contribution in [-0.4, -0.2) is 80.9 Å². The van der Waals surface area contributed by atoms with Crippen molar-refractivity contribution in [2.75, 3.05) is 13.1 Å². The molecule has 2 amide bonds. The lowest BCUT2D eigenvalue weighted by Crippen LogP contribution is -2.59. The highest BCUT2D eigenvalue weighted by Crippen LogP contribution is 2.37. The second-order valence-electron chi connectivity index (χ2n) is 12.3. The first-order valence-electron chi connectivity index (χ1n) is 14.5. The van der Waals surface area contributed by atoms with E-state index in [1.165, 1.54) is 4.90 Å². The number of ether oxygens (including phenoxy) is 1. The Labute approximate surface area is 243 Å². The van der Waals surface area contributed by atoms with Gasteiger partial charge in [-0.15, -0.1) is 0 Å². The van der Waals surface area contributed by atoms with Crippen LogP contribution in [0.5, 0.6) is 0 Å². The Kier molecular flexibility index (Phi) is 11.6. The number of hydrogen-bond acceptors (Lipinski definition) is 6. The Hall–Kier alpha value is -3.14. The summed E-state index contributed by atoms with van der Waals surface area (Å²) in [6.45, 7) is 7.43. The summed E-state index contributed by atoms with van der Waals surface area (Å²) in [5.74, 6) is 0. The molecule has 0 aromatic heterocycles. The topological polar surface area (TPSA) is 131 Å². The zero-order valence-electron chi connectivity index (χ0n) is 24.8. The molecule has 1 aliphatic carbocycles. The monoisotopic (exact) mass is 569 g/mol. The van der Waals surface area contributed by atoms with Gasteiger partial charge in [0, 0.05) is 18.6 Å². The molecular formula is C32H47N3O6. The number of nitrogens with zero attached hydrogens (tertiary/aromatic N) is 1. The van der Waals surface area contributed by atoms with E-state index < -0.39 is 47.6 Å². The maximum atomic E-state index is 12.6. The first-order valence-corrected chi connectivity index (χ1v) is 14.5. The number of carboxylic acid groups (broad SMARTS) is 1. The molecule has 2 aromatic rings. The molecular weight excluding hydrogens is 522 g/mol. The number of alkyl carbamates (subject to hydrolysis) is 1. The fourth-order valence-corrected chi connectivity index (χ4v) is 5.67. The highest BCUT2D eigenvalue weighted by Gasteiger charge is 2.44. The highest BCUT2D eigenvalue weighted by atomic mass is 16.6. The van der Waals surface area contributed by atoms with Gasteiger partial charge >= 0.3 is 12.2 Å². The molecule has 9 heteroatoms. The number of nitrogens with one attached hydrogen (secondary N) is 2. The van der Waals surface area contributed by atoms with Gasteiger partial charge in [0.25, 0.3) is 0 Å². The van der Waals surface area contributed by atoms with Gasteiger partial charge in [-0.3, -0.25) is 4.90 Å². The molecule has 0 unspecified atom stereocenters. The van der Waals surface area contributed by atoms with Gasteiger partial charge in [0.15, 0.2) is 0 Å². The summed E-state index contributed by atoms with van der Waals surface area (Å²) in [6.07, 6.45) is 0.465. The number of amides is 2. The Morgan fingerprint density at radius 3 is 1.93 bits per heavy atom. The Morgan fingerprint density at radius 1 is 0.902 bits per heavy atom. The zero-order chi connectivity index (χ0) is 30.0. The van der Waals surface area contributed by atoms with E-state index in [-0.39, 0.29) is 13.1 Å². The quantitative estimate of drug-likeness (QED) is 0.242. The standard InChI is InChI=1S/C32H47N3O6/c1-31(2,3)41-29(38)34-25(19-23-13-7-5-8-14-23)27(36)21-33-22-28(37)26(20-24-15-9-6-10-16-24)35(30(39)40)32(4)17-11-12-18-32/h5-10,13-16,25-28,33,36-37H,11-12,17-22H2,1-4H3,(H,34,38)(H,39,40)/t25-,26-,27+,28+/m0/s1. The first-order chi connectivity index (χ1) is 19.4. The molecule has 41 heavy (non-hydrogen) atoms. The SMILES string of the molecule is CC(C)(C)OC(=O)N[C@@H](Cc1ccccc1)[C@H](O)CNC[C@@H](O)[C@H](Cc1ccccc1)N(C(=O)O)C1(C)CCCC1. The third-order valence-electron chi connectivity index (χ3n) is 7.70. The van der Waals surface area contributed by atoms with Crippen molar-refractivity contribution in [1.82, 2.24) is 15.5 Å². The maximum absolute atomic E-state index is 12.6. The number of aliphatic hydroxyl groups excluding tert-OH is 2. The summed E-state index contributed by atoms with van der Waals surface area (Å²) in [7, 11) is 0. The van der Waals surface area contributed by atoms with E-state index >= 15 is 0 Å². The van der Waals surface area contributed by atoms with Crippen LogP contribution in [0, 0.1) is 0 Å². The van der Waals surface area contributed by atoms with E-state index in [4.69, 9.17) is 4.74 Å². The molecule has 1 fully saturated rings. The number of aliphatic hydroxyl groups is 2. The van der Waals surface area contributed by atoms with E-state index in [9.17, 15) is 24.9 Å². The van der Waals surface area contributed by atoms with Crippen LogP contribution in [0.1, 0.15) is 64.5 Å². The summed E-state index contributed by atoms with van der Waals surface area (Å²) in [5.41, 5.74) is 0.643. The Balaban J connectivity index is 1.71. The predicted octanol–water partition coefficient (Wildman–Crippen LogP) is 4.36. The highest BCUT2D eigenvalue weighted by molar-refractivity contribution is 5.68. The summed E-state index contributed by atoms with van der Waals surface area (Å²) in [5, 5.41) is 38.7. The fourth-order valence-electron chi connectivity index (χ4n) is 5.67. The van der Waals surface area contributed by atoms with Crippen LogP contribution in [-0.2, 0) is 17.6 Å². The minimum Gasteiger partial charge on any atom is -0.465 e. The van der Waals surface area contributed by atoms with Crippen molar-refractivity contribution in [3.63, 3.8) is 0 Å². The van der Waals surface area contributed by atoms with E-state index in [0.717, 1.165) is 36.8 Å². The summed E-state index contributed by atoms with van der Waals surface area (Å²) in [4.78, 5) is 26.6. The molecule has 0 aliphatic heterocycles. The molecule has 0 saturated heterocycles. The molecule has 0 bridgehead atoms. The normalized spacial score (nSPS) is 17.7. The van der Waals surface area contributed by atoms with Gasteiger partial charge in [0.1, 0.15) is 5.60 Å². The van der Waals surface area contributed by atoms with E-state index in [1.807, 2.05) is 67.6 Å². The Bertz CT molecular complexity index is 1090. The minimum atomic E-state index is -1.04. The van der Waals surface area contributed by atoms with Gasteiger partial charge in [0.2, 0.25) is 0 Å². The van der Waals surface area contributed by atoms with Crippen LogP contribution in [0.25, 0.3) is 0 Å². The summed E-state index contributed by atoms with van der Waals surface area (Å²) >= 11 is 0. The third-order valence-corrected chi connectivity index (χ3v) is 7.70. The van der Waals surface area contributed by atoms with Crippen LogP contribution < -0.4 is 10.6 Å². The molecule has 0 radical (unpaired) electrons. The lowest BCUT2D eigenvalue weighted by Gasteiger charge is -2.44. The van der Waals surface area contributed by atoms with E-state index in [2.05, 4.69) is 10.6 Å². The van der Waals surface area contributed by atoms with Crippen molar-refractivity contribution in [1.29, 1.82) is 0 Å². The maximum Gasteiger partial charge on any atom is 0.408 e. The van der Waals surface area contributed by atoms with Crippen LogP contribution in [0.15, 0.2) is 60.7 Å². The van der Waals surface area contributed by atoms with Crippen LogP contribution in [0.2, 0.25) is 0 Å². The molecule has 4 atom stereocenters. The van der Waals surface area contributed by atoms with Crippen molar-refractivity contribution in [3.05, 3.63) is 71.8 Å². The average molecular weight is 570 g/mol. The number of rotatable bonds is 13. The molecule has 226 valence electrons. The summed E-state index contributed by atoms with van der Waals surface area (Å²) in [6, 6.07) is 17.8. The van der Waals surface area contributed by atoms with Gasteiger partial charge in [-0.1, -0.05) is 73.5 Å². The smallest absolute Gasteiger partial charge is 0.408 e. The van der Waals surface area contributed by atoms with Gasteiger partial charge in [-0.2, -0.15) is 0 Å². The van der Waals surface area contributed by atoms with Crippen molar-refractivity contribution >= 4 is 12.2 Å². The second kappa shape index (κ2) is 14.7. The molecule has 0 spiro atoms. The third kappa shape index (κ3) is 10.0. The lowest BCUT2D eigenvalue weighted by molar-refractivity contribution is -0.00330. The second-order valence-corrected chi connectivity index (χ2v) is 12.3. The van der Waals surface area contributed by atoms with Crippen LogP contribution in [0.4, 0.5) is 9.59 Å².